The fraction of sp³-hybridized carbons (Fsp3) is 0.368. The van der Waals surface area contributed by atoms with E-state index in [0.29, 0.717) is 18.8 Å². The fourth-order valence-corrected chi connectivity index (χ4v) is 3.34. The quantitative estimate of drug-likeness (QED) is 0.534. The number of anilines is 1. The van der Waals surface area contributed by atoms with Gasteiger partial charge in [0.05, 0.1) is 17.1 Å². The molecule has 1 aliphatic rings. The van der Waals surface area contributed by atoms with Gasteiger partial charge in [-0.25, -0.2) is 0 Å². The fourth-order valence-electron chi connectivity index (χ4n) is 3.34. The minimum Gasteiger partial charge on any atom is -0.406 e. The van der Waals surface area contributed by atoms with E-state index < -0.39 is 17.9 Å². The van der Waals surface area contributed by atoms with Gasteiger partial charge in [0.25, 0.3) is 5.69 Å². The van der Waals surface area contributed by atoms with E-state index in [-0.39, 0.29) is 23.0 Å². The highest BCUT2D eigenvalue weighted by atomic mass is 19.4. The molecule has 0 radical (unpaired) electrons. The number of nitrogens with zero attached hydrogens (tertiary/aromatic N) is 2. The predicted octanol–water partition coefficient (Wildman–Crippen LogP) is 3.67. The summed E-state index contributed by atoms with van der Waals surface area (Å²) in [5, 5.41) is 23.6. The van der Waals surface area contributed by atoms with Gasteiger partial charge < -0.3 is 15.2 Å². The van der Waals surface area contributed by atoms with E-state index in [1.54, 1.807) is 18.2 Å². The zero-order valence-electron chi connectivity index (χ0n) is 15.4. The van der Waals surface area contributed by atoms with Crippen molar-refractivity contribution in [3.05, 3.63) is 63.7 Å². The van der Waals surface area contributed by atoms with Crippen LogP contribution < -0.4 is 10.1 Å². The molecule has 2 aromatic rings. The van der Waals surface area contributed by atoms with E-state index in [1.807, 2.05) is 0 Å². The van der Waals surface area contributed by atoms with E-state index in [4.69, 9.17) is 0 Å². The van der Waals surface area contributed by atoms with Crippen molar-refractivity contribution in [1.29, 1.82) is 0 Å². The van der Waals surface area contributed by atoms with E-state index in [0.717, 1.165) is 18.5 Å². The number of benzene rings is 2. The summed E-state index contributed by atoms with van der Waals surface area (Å²) in [6.07, 6.45) is -3.88. The van der Waals surface area contributed by atoms with Crippen LogP contribution in [0.5, 0.6) is 5.75 Å². The second-order valence-corrected chi connectivity index (χ2v) is 6.82. The van der Waals surface area contributed by atoms with Gasteiger partial charge in [-0.15, -0.1) is 13.2 Å². The highest BCUT2D eigenvalue weighted by Crippen LogP contribution is 2.26. The standard InChI is InChI=1S/C19H20F3N3O4/c20-19(21,22)29-17-5-1-13(2-6-17)10-24-8-7-16(11-24)23-15-4-3-14(12-26)18(9-15)25(27)28/h1-6,9,16,23,26H,7-8,10-12H2. The second-order valence-electron chi connectivity index (χ2n) is 6.82. The van der Waals surface area contributed by atoms with Gasteiger partial charge in [-0.1, -0.05) is 12.1 Å². The van der Waals surface area contributed by atoms with Crippen LogP contribution in [-0.2, 0) is 13.2 Å². The maximum atomic E-state index is 12.2. The molecule has 7 nitrogen and oxygen atoms in total. The number of likely N-dealkylation sites (tertiary alicyclic amines) is 1. The third-order valence-electron chi connectivity index (χ3n) is 4.66. The predicted molar refractivity (Wildman–Crippen MR) is 99.4 cm³/mol. The van der Waals surface area contributed by atoms with E-state index in [2.05, 4.69) is 15.0 Å². The summed E-state index contributed by atoms with van der Waals surface area (Å²) in [4.78, 5) is 12.7. The maximum Gasteiger partial charge on any atom is 0.573 e. The Hall–Kier alpha value is -2.85. The minimum absolute atomic E-state index is 0.0856. The highest BCUT2D eigenvalue weighted by Gasteiger charge is 2.31. The molecule has 0 aliphatic carbocycles. The number of alkyl halides is 3. The van der Waals surface area contributed by atoms with Crippen molar-refractivity contribution in [2.75, 3.05) is 18.4 Å². The van der Waals surface area contributed by atoms with Crippen molar-refractivity contribution in [2.45, 2.75) is 32.0 Å². The van der Waals surface area contributed by atoms with Crippen molar-refractivity contribution in [3.63, 3.8) is 0 Å². The summed E-state index contributed by atoms with van der Waals surface area (Å²) in [5.74, 6) is -0.255. The van der Waals surface area contributed by atoms with Crippen LogP contribution >= 0.6 is 0 Å². The zero-order valence-corrected chi connectivity index (χ0v) is 15.4. The Balaban J connectivity index is 1.55. The molecule has 1 aliphatic heterocycles. The minimum atomic E-state index is -4.71. The van der Waals surface area contributed by atoms with Crippen LogP contribution in [0.3, 0.4) is 0 Å². The number of aliphatic hydroxyl groups excluding tert-OH is 1. The lowest BCUT2D eigenvalue weighted by Gasteiger charge is -2.18. The summed E-state index contributed by atoms with van der Waals surface area (Å²) in [7, 11) is 0. The maximum absolute atomic E-state index is 12.2. The summed E-state index contributed by atoms with van der Waals surface area (Å²) < 4.78 is 40.5. The van der Waals surface area contributed by atoms with Crippen LogP contribution in [0.1, 0.15) is 17.5 Å². The number of hydrogen-bond donors (Lipinski definition) is 2. The van der Waals surface area contributed by atoms with Crippen molar-refractivity contribution in [2.24, 2.45) is 0 Å². The van der Waals surface area contributed by atoms with Crippen molar-refractivity contribution >= 4 is 11.4 Å². The monoisotopic (exact) mass is 411 g/mol. The average Bonchev–Trinajstić information content (AvgIpc) is 3.09. The summed E-state index contributed by atoms with van der Waals surface area (Å²) in [6, 6.07) is 10.5. The number of hydrogen-bond acceptors (Lipinski definition) is 6. The molecule has 2 N–H and O–H groups in total. The SMILES string of the molecule is O=[N+]([O-])c1cc(NC2CCN(Cc3ccc(OC(F)(F)F)cc3)C2)ccc1CO. The summed E-state index contributed by atoms with van der Waals surface area (Å²) >= 11 is 0. The van der Waals surface area contributed by atoms with Crippen LogP contribution in [0, 0.1) is 10.1 Å². The molecule has 1 fully saturated rings. The molecule has 0 saturated carbocycles. The molecule has 10 heteroatoms. The Morgan fingerprint density at radius 2 is 1.97 bits per heavy atom. The number of aliphatic hydroxyl groups is 1. The number of ether oxygens (including phenoxy) is 1. The smallest absolute Gasteiger partial charge is 0.406 e. The van der Waals surface area contributed by atoms with Crippen molar-refractivity contribution < 1.29 is 27.9 Å². The third kappa shape index (κ3) is 5.81. The second kappa shape index (κ2) is 8.66. The highest BCUT2D eigenvalue weighted by molar-refractivity contribution is 5.55. The first kappa shape index (κ1) is 20.9. The summed E-state index contributed by atoms with van der Waals surface area (Å²) in [6.45, 7) is 1.65. The molecular weight excluding hydrogens is 391 g/mol. The molecule has 1 atom stereocenters. The average molecular weight is 411 g/mol. The van der Waals surface area contributed by atoms with Crippen LogP contribution in [0.25, 0.3) is 0 Å². The lowest BCUT2D eigenvalue weighted by atomic mass is 10.1. The van der Waals surface area contributed by atoms with E-state index in [1.165, 1.54) is 24.3 Å². The van der Waals surface area contributed by atoms with Gasteiger partial charge in [0, 0.05) is 37.4 Å². The largest absolute Gasteiger partial charge is 0.573 e. The Morgan fingerprint density at radius 3 is 2.59 bits per heavy atom. The lowest BCUT2D eigenvalue weighted by Crippen LogP contribution is -2.26. The topological polar surface area (TPSA) is 87.9 Å². The van der Waals surface area contributed by atoms with Crippen molar-refractivity contribution in [1.82, 2.24) is 4.90 Å². The van der Waals surface area contributed by atoms with Gasteiger partial charge in [0.1, 0.15) is 5.75 Å². The van der Waals surface area contributed by atoms with E-state index >= 15 is 0 Å². The molecule has 1 saturated heterocycles. The Kier molecular flexibility index (Phi) is 6.23. The Bertz CT molecular complexity index is 859. The Morgan fingerprint density at radius 1 is 1.24 bits per heavy atom. The van der Waals surface area contributed by atoms with Crippen molar-refractivity contribution in [3.8, 4) is 5.75 Å². The van der Waals surface area contributed by atoms with Gasteiger partial charge in [-0.05, 0) is 36.2 Å². The molecule has 0 amide bonds. The van der Waals surface area contributed by atoms with Crippen LogP contribution in [0.2, 0.25) is 0 Å². The third-order valence-corrected chi connectivity index (χ3v) is 4.66. The zero-order chi connectivity index (χ0) is 21.0. The molecule has 1 heterocycles. The number of halogens is 3. The van der Waals surface area contributed by atoms with Gasteiger partial charge in [0.15, 0.2) is 0 Å². The number of nitro groups is 1. The van der Waals surface area contributed by atoms with E-state index in [9.17, 15) is 28.4 Å². The van der Waals surface area contributed by atoms with Crippen LogP contribution in [-0.4, -0.2) is 40.4 Å². The van der Waals surface area contributed by atoms with Crippen LogP contribution in [0.4, 0.5) is 24.5 Å². The molecule has 3 rings (SSSR count). The van der Waals surface area contributed by atoms with Crippen LogP contribution in [0.15, 0.2) is 42.5 Å². The van der Waals surface area contributed by atoms with Gasteiger partial charge in [0.2, 0.25) is 0 Å². The molecule has 156 valence electrons. The number of nitro benzene ring substituents is 1. The number of nitrogens with one attached hydrogen (secondary N) is 1. The normalized spacial score (nSPS) is 17.3. The first-order valence-corrected chi connectivity index (χ1v) is 8.95. The lowest BCUT2D eigenvalue weighted by molar-refractivity contribution is -0.385. The molecule has 2 aromatic carbocycles. The first-order valence-electron chi connectivity index (χ1n) is 8.95. The molecule has 0 spiro atoms. The number of rotatable bonds is 7. The molecule has 1 unspecified atom stereocenters. The molecule has 0 aromatic heterocycles. The molecule has 0 bridgehead atoms. The van der Waals surface area contributed by atoms with Gasteiger partial charge >= 0.3 is 6.36 Å². The summed E-state index contributed by atoms with van der Waals surface area (Å²) in [5.41, 5.74) is 1.59. The first-order chi connectivity index (χ1) is 13.7. The molecule has 29 heavy (non-hydrogen) atoms. The van der Waals surface area contributed by atoms with Gasteiger partial charge in [-0.3, -0.25) is 15.0 Å². The molecular formula is C19H20F3N3O4. The Labute approximate surface area is 164 Å². The van der Waals surface area contributed by atoms with Gasteiger partial charge in [-0.2, -0.15) is 0 Å².